The lowest BCUT2D eigenvalue weighted by Crippen LogP contribution is -1.71. The van der Waals surface area contributed by atoms with E-state index >= 15 is 0 Å². The number of benzene rings is 1. The van der Waals surface area contributed by atoms with Gasteiger partial charge in [-0.3, -0.25) is 0 Å². The highest BCUT2D eigenvalue weighted by Gasteiger charge is 1.99. The second-order valence-corrected chi connectivity index (χ2v) is 5.49. The Morgan fingerprint density at radius 1 is 1.38 bits per heavy atom. The van der Waals surface area contributed by atoms with E-state index in [0.29, 0.717) is 0 Å². The third-order valence-corrected chi connectivity index (χ3v) is 3.78. The maximum absolute atomic E-state index is 4.21. The van der Waals surface area contributed by atoms with Gasteiger partial charge in [0.25, 0.3) is 0 Å². The van der Waals surface area contributed by atoms with Crippen molar-refractivity contribution in [1.29, 1.82) is 0 Å². The molecule has 1 aromatic carbocycles. The van der Waals surface area contributed by atoms with Gasteiger partial charge in [-0.15, -0.1) is 11.3 Å². The molecule has 0 saturated heterocycles. The quantitative estimate of drug-likeness (QED) is 0.817. The fourth-order valence-corrected chi connectivity index (χ4v) is 3.10. The average Bonchev–Trinajstić information content (AvgIpc) is 2.57. The molecule has 0 atom stereocenters. The second kappa shape index (κ2) is 4.26. The lowest BCUT2D eigenvalue weighted by Gasteiger charge is -1.97. The largest absolute Gasteiger partial charge is 0.238 e. The van der Waals surface area contributed by atoms with Gasteiger partial charge in [0, 0.05) is 20.9 Å². The molecular weight excluding hydrogens is 266 g/mol. The summed E-state index contributed by atoms with van der Waals surface area (Å²) in [5, 5.41) is 1.99. The summed E-state index contributed by atoms with van der Waals surface area (Å²) >= 11 is 6.78. The predicted octanol–water partition coefficient (Wildman–Crippen LogP) is 4.06. The van der Waals surface area contributed by atoms with Crippen molar-refractivity contribution in [3.63, 3.8) is 0 Å². The minimum atomic E-state index is 1.08. The van der Waals surface area contributed by atoms with Gasteiger partial charge in [0.1, 0.15) is 0 Å². The fraction of sp³-hybridized carbons (Fsp3) is 0. The number of aromatic nitrogens is 1. The first-order valence-electron chi connectivity index (χ1n) is 3.67. The highest BCUT2D eigenvalue weighted by molar-refractivity contribution is 9.10. The molecule has 0 spiro atoms. The molecule has 1 heterocycles. The average molecular weight is 272 g/mol. The van der Waals surface area contributed by atoms with Crippen LogP contribution in [0, 0.1) is 0 Å². The first kappa shape index (κ1) is 9.24. The summed E-state index contributed by atoms with van der Waals surface area (Å²) in [5.41, 5.74) is 0. The lowest BCUT2D eigenvalue weighted by atomic mass is 10.4. The van der Waals surface area contributed by atoms with Gasteiger partial charge in [-0.25, -0.2) is 4.98 Å². The Kier molecular flexibility index (Phi) is 3.03. The van der Waals surface area contributed by atoms with Gasteiger partial charge in [0.05, 0.1) is 0 Å². The maximum Gasteiger partial charge on any atom is 0.154 e. The molecule has 0 unspecified atom stereocenters. The van der Waals surface area contributed by atoms with Crippen LogP contribution in [-0.2, 0) is 0 Å². The topological polar surface area (TPSA) is 12.9 Å². The Labute approximate surface area is 93.3 Å². The van der Waals surface area contributed by atoms with Gasteiger partial charge in [0.15, 0.2) is 4.34 Å². The minimum Gasteiger partial charge on any atom is -0.238 e. The third-order valence-electron chi connectivity index (χ3n) is 1.41. The Morgan fingerprint density at radius 2 is 2.31 bits per heavy atom. The lowest BCUT2D eigenvalue weighted by molar-refractivity contribution is 1.24. The number of thiazole rings is 1. The molecule has 2 aromatic rings. The number of rotatable bonds is 2. The normalized spacial score (nSPS) is 10.2. The predicted molar refractivity (Wildman–Crippen MR) is 60.4 cm³/mol. The van der Waals surface area contributed by atoms with Crippen LogP contribution in [0.5, 0.6) is 0 Å². The van der Waals surface area contributed by atoms with Crippen LogP contribution in [0.25, 0.3) is 0 Å². The highest BCUT2D eigenvalue weighted by atomic mass is 79.9. The van der Waals surface area contributed by atoms with Gasteiger partial charge < -0.3 is 0 Å². The second-order valence-electron chi connectivity index (χ2n) is 2.36. The van der Waals surface area contributed by atoms with Gasteiger partial charge in [-0.1, -0.05) is 33.8 Å². The molecule has 1 nitrogen and oxygen atoms in total. The maximum atomic E-state index is 4.21. The standard InChI is InChI=1S/C9H6BrNS2/c10-7-2-1-3-8(6-7)13-9-11-4-5-12-9/h1-6H. The summed E-state index contributed by atoms with van der Waals surface area (Å²) in [6, 6.07) is 8.22. The molecule has 4 heteroatoms. The molecule has 66 valence electrons. The zero-order chi connectivity index (χ0) is 9.10. The fourth-order valence-electron chi connectivity index (χ4n) is 0.892. The van der Waals surface area contributed by atoms with Crippen LogP contribution in [-0.4, -0.2) is 4.98 Å². The van der Waals surface area contributed by atoms with Crippen molar-refractivity contribution in [2.24, 2.45) is 0 Å². The Bertz CT molecular complexity index is 386. The number of halogens is 1. The van der Waals surface area contributed by atoms with E-state index in [1.807, 2.05) is 23.7 Å². The summed E-state index contributed by atoms with van der Waals surface area (Å²) in [4.78, 5) is 5.42. The number of hydrogen-bond acceptors (Lipinski definition) is 3. The molecule has 0 aliphatic rings. The highest BCUT2D eigenvalue weighted by Crippen LogP contribution is 2.30. The summed E-state index contributed by atoms with van der Waals surface area (Å²) < 4.78 is 2.19. The van der Waals surface area contributed by atoms with Crippen LogP contribution in [0.3, 0.4) is 0 Å². The number of hydrogen-bond donors (Lipinski definition) is 0. The summed E-state index contributed by atoms with van der Waals surface area (Å²) in [6.07, 6.45) is 1.82. The molecule has 0 bridgehead atoms. The molecular formula is C9H6BrNS2. The van der Waals surface area contributed by atoms with Crippen molar-refractivity contribution in [3.8, 4) is 0 Å². The van der Waals surface area contributed by atoms with Gasteiger partial charge in [-0.05, 0) is 18.2 Å². The Balaban J connectivity index is 2.19. The molecule has 0 saturated carbocycles. The van der Waals surface area contributed by atoms with Crippen molar-refractivity contribution in [2.75, 3.05) is 0 Å². The molecule has 0 aliphatic heterocycles. The zero-order valence-electron chi connectivity index (χ0n) is 6.61. The third kappa shape index (κ3) is 2.56. The minimum absolute atomic E-state index is 1.08. The van der Waals surface area contributed by atoms with E-state index in [9.17, 15) is 0 Å². The first-order valence-corrected chi connectivity index (χ1v) is 6.16. The van der Waals surface area contributed by atoms with Crippen LogP contribution >= 0.6 is 39.0 Å². The molecule has 0 N–H and O–H groups in total. The van der Waals surface area contributed by atoms with Crippen molar-refractivity contribution in [3.05, 3.63) is 40.3 Å². The van der Waals surface area contributed by atoms with Crippen molar-refractivity contribution < 1.29 is 0 Å². The van der Waals surface area contributed by atoms with Gasteiger partial charge in [-0.2, -0.15) is 0 Å². The van der Waals surface area contributed by atoms with Gasteiger partial charge >= 0.3 is 0 Å². The van der Waals surface area contributed by atoms with E-state index in [1.54, 1.807) is 23.1 Å². The summed E-state index contributed by atoms with van der Waals surface area (Å²) in [6.45, 7) is 0. The van der Waals surface area contributed by atoms with E-state index in [-0.39, 0.29) is 0 Å². The Hall–Kier alpha value is -0.320. The summed E-state index contributed by atoms with van der Waals surface area (Å²) in [5.74, 6) is 0. The number of nitrogens with zero attached hydrogens (tertiary/aromatic N) is 1. The van der Waals surface area contributed by atoms with Crippen molar-refractivity contribution in [2.45, 2.75) is 9.24 Å². The molecule has 0 fully saturated rings. The van der Waals surface area contributed by atoms with Crippen molar-refractivity contribution in [1.82, 2.24) is 4.98 Å². The molecule has 0 radical (unpaired) electrons. The SMILES string of the molecule is Brc1cccc(Sc2nccs2)c1. The van der Waals surface area contributed by atoms with E-state index < -0.39 is 0 Å². The molecule has 0 amide bonds. The van der Waals surface area contributed by atoms with E-state index in [1.165, 1.54) is 4.90 Å². The van der Waals surface area contributed by atoms with Crippen LogP contribution in [0.1, 0.15) is 0 Å². The molecule has 0 aliphatic carbocycles. The Morgan fingerprint density at radius 3 is 3.00 bits per heavy atom. The van der Waals surface area contributed by atoms with Crippen LogP contribution in [0.2, 0.25) is 0 Å². The monoisotopic (exact) mass is 271 g/mol. The molecule has 13 heavy (non-hydrogen) atoms. The summed E-state index contributed by atoms with van der Waals surface area (Å²) in [7, 11) is 0. The van der Waals surface area contributed by atoms with Crippen LogP contribution in [0.15, 0.2) is 49.6 Å². The van der Waals surface area contributed by atoms with Crippen molar-refractivity contribution >= 4 is 39.0 Å². The molecule has 1 aromatic heterocycles. The first-order chi connectivity index (χ1) is 6.34. The zero-order valence-corrected chi connectivity index (χ0v) is 9.82. The van der Waals surface area contributed by atoms with E-state index in [4.69, 9.17) is 0 Å². The van der Waals surface area contributed by atoms with Crippen LogP contribution in [0.4, 0.5) is 0 Å². The van der Waals surface area contributed by atoms with E-state index in [2.05, 4.69) is 33.0 Å². The van der Waals surface area contributed by atoms with Gasteiger partial charge in [0.2, 0.25) is 0 Å². The van der Waals surface area contributed by atoms with E-state index in [0.717, 1.165) is 8.81 Å². The molecule has 2 rings (SSSR count). The smallest absolute Gasteiger partial charge is 0.154 e. The van der Waals surface area contributed by atoms with Crippen LogP contribution < -0.4 is 0 Å².